The van der Waals surface area contributed by atoms with Gasteiger partial charge in [0.05, 0.1) is 17.3 Å². The van der Waals surface area contributed by atoms with Crippen LogP contribution in [0.2, 0.25) is 0 Å². The van der Waals surface area contributed by atoms with Gasteiger partial charge in [-0.2, -0.15) is 5.26 Å². The van der Waals surface area contributed by atoms with Gasteiger partial charge in [0.25, 0.3) is 5.56 Å². The monoisotopic (exact) mass is 253 g/mol. The maximum atomic E-state index is 12.1. The smallest absolute Gasteiger partial charge is 0.256 e. The van der Waals surface area contributed by atoms with Crippen molar-refractivity contribution in [3.63, 3.8) is 0 Å². The van der Waals surface area contributed by atoms with Crippen LogP contribution in [0.15, 0.2) is 35.1 Å². The van der Waals surface area contributed by atoms with E-state index in [0.29, 0.717) is 22.4 Å². The number of aromatic amines is 1. The van der Waals surface area contributed by atoms with Crippen LogP contribution in [-0.4, -0.2) is 4.98 Å². The number of nitrogens with zero attached hydrogens (tertiary/aromatic N) is 1. The molecule has 2 aromatic rings. The number of anilines is 1. The molecule has 0 aliphatic heterocycles. The van der Waals surface area contributed by atoms with Crippen molar-refractivity contribution >= 4 is 5.69 Å². The van der Waals surface area contributed by atoms with Crippen molar-refractivity contribution in [2.45, 2.75) is 19.8 Å². The molecule has 0 atom stereocenters. The highest BCUT2D eigenvalue weighted by atomic mass is 16.1. The first kappa shape index (κ1) is 12.9. The van der Waals surface area contributed by atoms with E-state index < -0.39 is 0 Å². The molecule has 0 spiro atoms. The lowest BCUT2D eigenvalue weighted by Gasteiger charge is -2.11. The Balaban J connectivity index is 2.61. The second kappa shape index (κ2) is 4.99. The van der Waals surface area contributed by atoms with Gasteiger partial charge >= 0.3 is 0 Å². The molecule has 96 valence electrons. The molecule has 1 aromatic carbocycles. The fourth-order valence-electron chi connectivity index (χ4n) is 2.01. The summed E-state index contributed by atoms with van der Waals surface area (Å²) in [5.41, 5.74) is 8.78. The second-order valence-electron chi connectivity index (χ2n) is 4.73. The number of nitriles is 1. The molecule has 0 radical (unpaired) electrons. The van der Waals surface area contributed by atoms with E-state index in [0.717, 1.165) is 5.69 Å². The average molecular weight is 253 g/mol. The molecule has 1 heterocycles. The molecule has 0 bridgehead atoms. The average Bonchev–Trinajstić information content (AvgIpc) is 2.40. The maximum Gasteiger partial charge on any atom is 0.256 e. The Labute approximate surface area is 111 Å². The van der Waals surface area contributed by atoms with E-state index >= 15 is 0 Å². The first-order chi connectivity index (χ1) is 9.02. The van der Waals surface area contributed by atoms with Crippen molar-refractivity contribution in [1.82, 2.24) is 4.98 Å². The molecule has 2 rings (SSSR count). The van der Waals surface area contributed by atoms with E-state index in [-0.39, 0.29) is 11.5 Å². The summed E-state index contributed by atoms with van der Waals surface area (Å²) in [4.78, 5) is 14.9. The summed E-state index contributed by atoms with van der Waals surface area (Å²) in [6.07, 6.45) is 0. The van der Waals surface area contributed by atoms with E-state index in [1.165, 1.54) is 0 Å². The van der Waals surface area contributed by atoms with Crippen molar-refractivity contribution in [3.8, 4) is 17.2 Å². The molecule has 4 heteroatoms. The number of hydrogen-bond acceptors (Lipinski definition) is 3. The fraction of sp³-hybridized carbons (Fsp3) is 0.200. The predicted octanol–water partition coefficient (Wildman–Crippen LogP) is 2.62. The van der Waals surface area contributed by atoms with Crippen LogP contribution in [0.1, 0.15) is 31.0 Å². The minimum atomic E-state index is -0.187. The Kier molecular flexibility index (Phi) is 3.39. The lowest BCUT2D eigenvalue weighted by Crippen LogP contribution is -2.14. The molecule has 0 saturated heterocycles. The Morgan fingerprint density at radius 3 is 2.68 bits per heavy atom. The summed E-state index contributed by atoms with van der Waals surface area (Å²) < 4.78 is 0. The van der Waals surface area contributed by atoms with E-state index in [1.54, 1.807) is 30.3 Å². The van der Waals surface area contributed by atoms with Crippen LogP contribution in [0.5, 0.6) is 0 Å². The van der Waals surface area contributed by atoms with Gasteiger partial charge < -0.3 is 10.7 Å². The molecular weight excluding hydrogens is 238 g/mol. The molecule has 0 fully saturated rings. The molecule has 3 N–H and O–H groups in total. The quantitative estimate of drug-likeness (QED) is 0.863. The van der Waals surface area contributed by atoms with Crippen LogP contribution in [0, 0.1) is 11.3 Å². The Morgan fingerprint density at radius 2 is 2.05 bits per heavy atom. The number of benzene rings is 1. The summed E-state index contributed by atoms with van der Waals surface area (Å²) in [7, 11) is 0. The number of nitrogen functional groups attached to an aromatic ring is 1. The van der Waals surface area contributed by atoms with Crippen LogP contribution in [0.3, 0.4) is 0 Å². The van der Waals surface area contributed by atoms with Crippen LogP contribution in [0.4, 0.5) is 5.69 Å². The van der Waals surface area contributed by atoms with Gasteiger partial charge in [0, 0.05) is 11.3 Å². The number of nitrogens with two attached hydrogens (primary N) is 1. The second-order valence-corrected chi connectivity index (χ2v) is 4.73. The zero-order valence-electron chi connectivity index (χ0n) is 10.9. The fourth-order valence-corrected chi connectivity index (χ4v) is 2.01. The van der Waals surface area contributed by atoms with Crippen molar-refractivity contribution in [2.75, 3.05) is 5.73 Å². The Morgan fingerprint density at radius 1 is 1.32 bits per heavy atom. The molecule has 1 aromatic heterocycles. The summed E-state index contributed by atoms with van der Waals surface area (Å²) >= 11 is 0. The highest BCUT2D eigenvalue weighted by Gasteiger charge is 2.11. The van der Waals surface area contributed by atoms with E-state index in [4.69, 9.17) is 11.0 Å². The number of hydrogen-bond donors (Lipinski definition) is 2. The Bertz CT molecular complexity index is 708. The highest BCUT2D eigenvalue weighted by molar-refractivity contribution is 5.68. The molecule has 0 saturated carbocycles. The summed E-state index contributed by atoms with van der Waals surface area (Å²) in [5, 5.41) is 8.89. The SMILES string of the molecule is CC(C)c1[nH]c(=O)c(-c2cccc(C#N)c2)cc1N. The third-order valence-corrected chi connectivity index (χ3v) is 2.98. The van der Waals surface area contributed by atoms with Crippen LogP contribution in [0.25, 0.3) is 11.1 Å². The molecule has 4 nitrogen and oxygen atoms in total. The first-order valence-corrected chi connectivity index (χ1v) is 6.06. The van der Waals surface area contributed by atoms with Gasteiger partial charge in [0.2, 0.25) is 0 Å². The number of aromatic nitrogens is 1. The van der Waals surface area contributed by atoms with Gasteiger partial charge in [-0.05, 0) is 29.7 Å². The van der Waals surface area contributed by atoms with Gasteiger partial charge in [0.15, 0.2) is 0 Å². The third-order valence-electron chi connectivity index (χ3n) is 2.98. The zero-order chi connectivity index (χ0) is 14.0. The van der Waals surface area contributed by atoms with E-state index in [2.05, 4.69) is 11.1 Å². The van der Waals surface area contributed by atoms with E-state index in [1.807, 2.05) is 13.8 Å². The number of H-pyrrole nitrogens is 1. The minimum Gasteiger partial charge on any atom is -0.397 e. The van der Waals surface area contributed by atoms with Crippen LogP contribution >= 0.6 is 0 Å². The van der Waals surface area contributed by atoms with Crippen LogP contribution < -0.4 is 11.3 Å². The predicted molar refractivity (Wildman–Crippen MR) is 75.7 cm³/mol. The number of rotatable bonds is 2. The number of nitrogens with one attached hydrogen (secondary N) is 1. The van der Waals surface area contributed by atoms with Crippen LogP contribution in [-0.2, 0) is 0 Å². The summed E-state index contributed by atoms with van der Waals surface area (Å²) in [5.74, 6) is 0.159. The third kappa shape index (κ3) is 2.50. The topological polar surface area (TPSA) is 82.7 Å². The van der Waals surface area contributed by atoms with Gasteiger partial charge in [-0.25, -0.2) is 0 Å². The summed E-state index contributed by atoms with van der Waals surface area (Å²) in [6.45, 7) is 3.94. The van der Waals surface area contributed by atoms with Crippen molar-refractivity contribution < 1.29 is 0 Å². The molecule has 0 aliphatic rings. The first-order valence-electron chi connectivity index (χ1n) is 6.06. The van der Waals surface area contributed by atoms with Crippen molar-refractivity contribution in [3.05, 3.63) is 51.9 Å². The number of pyridine rings is 1. The standard InChI is InChI=1S/C15H15N3O/c1-9(2)14-13(17)7-12(15(19)18-14)11-5-3-4-10(6-11)8-16/h3-7,9H,17H2,1-2H3,(H,18,19). The van der Waals surface area contributed by atoms with Gasteiger partial charge in [-0.1, -0.05) is 26.0 Å². The van der Waals surface area contributed by atoms with Gasteiger partial charge in [-0.3, -0.25) is 4.79 Å². The van der Waals surface area contributed by atoms with Gasteiger partial charge in [-0.15, -0.1) is 0 Å². The van der Waals surface area contributed by atoms with E-state index in [9.17, 15) is 4.79 Å². The normalized spacial score (nSPS) is 10.4. The maximum absolute atomic E-state index is 12.1. The molecule has 0 unspecified atom stereocenters. The van der Waals surface area contributed by atoms with Gasteiger partial charge in [0.1, 0.15) is 0 Å². The van der Waals surface area contributed by atoms with Crippen molar-refractivity contribution in [2.24, 2.45) is 0 Å². The largest absolute Gasteiger partial charge is 0.397 e. The molecule has 0 aliphatic carbocycles. The lowest BCUT2D eigenvalue weighted by molar-refractivity contribution is 0.820. The summed E-state index contributed by atoms with van der Waals surface area (Å²) in [6, 6.07) is 10.6. The highest BCUT2D eigenvalue weighted by Crippen LogP contribution is 2.23. The zero-order valence-corrected chi connectivity index (χ0v) is 10.9. The molecule has 19 heavy (non-hydrogen) atoms. The molecular formula is C15H15N3O. The van der Waals surface area contributed by atoms with Crippen molar-refractivity contribution in [1.29, 1.82) is 5.26 Å². The minimum absolute atomic E-state index is 0.159. The molecule has 0 amide bonds. The Hall–Kier alpha value is -2.54. The lowest BCUT2D eigenvalue weighted by atomic mass is 10.0.